The second-order valence-electron chi connectivity index (χ2n) is 6.46. The first kappa shape index (κ1) is 15.1. The number of carboxylic acids is 1. The van der Waals surface area contributed by atoms with Gasteiger partial charge in [0, 0.05) is 19.1 Å². The van der Waals surface area contributed by atoms with Crippen molar-refractivity contribution in [2.24, 2.45) is 17.8 Å². The highest BCUT2D eigenvalue weighted by molar-refractivity contribution is 5.75. The molecule has 114 valence electrons. The van der Waals surface area contributed by atoms with Crippen LogP contribution in [-0.2, 0) is 4.79 Å². The Hall–Kier alpha value is -1.26. The number of nitrogens with zero attached hydrogens (tertiary/aromatic N) is 1. The van der Waals surface area contributed by atoms with E-state index in [4.69, 9.17) is 5.11 Å². The summed E-state index contributed by atoms with van der Waals surface area (Å²) in [4.78, 5) is 25.0. The van der Waals surface area contributed by atoms with Crippen LogP contribution in [0.15, 0.2) is 0 Å². The molecule has 0 aromatic heterocycles. The molecule has 2 rings (SSSR count). The van der Waals surface area contributed by atoms with Crippen molar-refractivity contribution in [3.05, 3.63) is 0 Å². The van der Waals surface area contributed by atoms with Gasteiger partial charge in [0.15, 0.2) is 0 Å². The van der Waals surface area contributed by atoms with Gasteiger partial charge in [-0.3, -0.25) is 4.79 Å². The molecule has 2 N–H and O–H groups in total. The number of piperidine rings is 1. The van der Waals surface area contributed by atoms with Crippen molar-refractivity contribution >= 4 is 12.0 Å². The summed E-state index contributed by atoms with van der Waals surface area (Å²) in [5.41, 5.74) is 0. The second-order valence-corrected chi connectivity index (χ2v) is 6.46. The molecule has 1 saturated heterocycles. The Labute approximate surface area is 120 Å². The number of aliphatic carboxylic acids is 1. The highest BCUT2D eigenvalue weighted by Crippen LogP contribution is 2.29. The first-order valence-corrected chi connectivity index (χ1v) is 7.77. The van der Waals surface area contributed by atoms with Crippen LogP contribution in [0.1, 0.15) is 46.0 Å². The van der Waals surface area contributed by atoms with Gasteiger partial charge in [0.2, 0.25) is 0 Å². The third-order valence-corrected chi connectivity index (χ3v) is 4.97. The normalized spacial score (nSPS) is 31.9. The lowest BCUT2D eigenvalue weighted by Gasteiger charge is -2.38. The number of carboxylic acid groups (broad SMARTS) is 1. The highest BCUT2D eigenvalue weighted by atomic mass is 16.4. The second kappa shape index (κ2) is 6.46. The average molecular weight is 282 g/mol. The fraction of sp³-hybridized carbons (Fsp3) is 0.867. The number of urea groups is 1. The first-order chi connectivity index (χ1) is 9.49. The maximum Gasteiger partial charge on any atom is 0.317 e. The maximum atomic E-state index is 12.3. The van der Waals surface area contributed by atoms with Gasteiger partial charge in [-0.1, -0.05) is 20.3 Å². The monoisotopic (exact) mass is 282 g/mol. The molecule has 1 aliphatic carbocycles. The summed E-state index contributed by atoms with van der Waals surface area (Å²) in [5.74, 6) is 0.0321. The van der Waals surface area contributed by atoms with Gasteiger partial charge in [0.05, 0.1) is 5.92 Å². The van der Waals surface area contributed by atoms with E-state index in [0.717, 1.165) is 0 Å². The molecule has 1 aliphatic heterocycles. The minimum atomic E-state index is -0.736. The molecular weight excluding hydrogens is 256 g/mol. The molecule has 0 aromatic rings. The predicted octanol–water partition coefficient (Wildman–Crippen LogP) is 2.32. The molecule has 2 unspecified atom stereocenters. The molecule has 1 saturated carbocycles. The zero-order valence-electron chi connectivity index (χ0n) is 12.5. The summed E-state index contributed by atoms with van der Waals surface area (Å²) in [6.07, 6.45) is 4.74. The fourth-order valence-corrected chi connectivity index (χ4v) is 3.53. The van der Waals surface area contributed by atoms with Crippen molar-refractivity contribution in [3.63, 3.8) is 0 Å². The molecule has 5 nitrogen and oxygen atoms in total. The van der Waals surface area contributed by atoms with Gasteiger partial charge >= 0.3 is 12.0 Å². The van der Waals surface area contributed by atoms with E-state index in [2.05, 4.69) is 19.2 Å². The van der Waals surface area contributed by atoms with Crippen LogP contribution >= 0.6 is 0 Å². The van der Waals surface area contributed by atoms with Crippen molar-refractivity contribution in [1.29, 1.82) is 0 Å². The molecule has 20 heavy (non-hydrogen) atoms. The van der Waals surface area contributed by atoms with Crippen molar-refractivity contribution in [2.45, 2.75) is 52.0 Å². The third kappa shape index (κ3) is 3.44. The van der Waals surface area contributed by atoms with E-state index in [0.29, 0.717) is 37.8 Å². The van der Waals surface area contributed by atoms with Gasteiger partial charge in [-0.15, -0.1) is 0 Å². The number of rotatable bonds is 2. The quantitative estimate of drug-likeness (QED) is 0.816. The Morgan fingerprint density at radius 2 is 1.60 bits per heavy atom. The molecule has 2 amide bonds. The van der Waals surface area contributed by atoms with E-state index >= 15 is 0 Å². The van der Waals surface area contributed by atoms with Crippen molar-refractivity contribution < 1.29 is 14.7 Å². The Kier molecular flexibility index (Phi) is 4.89. The molecule has 2 atom stereocenters. The van der Waals surface area contributed by atoms with E-state index in [1.54, 1.807) is 4.90 Å². The average Bonchev–Trinajstić information content (AvgIpc) is 2.43. The number of hydrogen-bond acceptors (Lipinski definition) is 2. The Balaban J connectivity index is 1.84. The molecule has 0 radical (unpaired) electrons. The van der Waals surface area contributed by atoms with Gasteiger partial charge in [0.1, 0.15) is 0 Å². The van der Waals surface area contributed by atoms with Crippen LogP contribution in [0.3, 0.4) is 0 Å². The van der Waals surface area contributed by atoms with Crippen LogP contribution in [0.25, 0.3) is 0 Å². The highest BCUT2D eigenvalue weighted by Gasteiger charge is 2.32. The van der Waals surface area contributed by atoms with E-state index < -0.39 is 5.97 Å². The molecular formula is C15H26N2O3. The number of hydrogen-bond donors (Lipinski definition) is 2. The van der Waals surface area contributed by atoms with Crippen molar-refractivity contribution in [2.75, 3.05) is 13.1 Å². The standard InChI is InChI=1S/C15H26N2O3/c1-10-4-3-5-11(2)13(10)16-15(20)17-8-6-12(7-9-17)14(18)19/h10-13H,3-9H2,1-2H3,(H,16,20)(H,18,19). The Morgan fingerprint density at radius 3 is 2.10 bits per heavy atom. The molecule has 0 aromatic carbocycles. The number of carbonyl (C=O) groups excluding carboxylic acids is 1. The minimum absolute atomic E-state index is 0.0144. The summed E-state index contributed by atoms with van der Waals surface area (Å²) >= 11 is 0. The largest absolute Gasteiger partial charge is 0.481 e. The zero-order valence-corrected chi connectivity index (χ0v) is 12.5. The predicted molar refractivity (Wildman–Crippen MR) is 76.4 cm³/mol. The van der Waals surface area contributed by atoms with Crippen LogP contribution in [0.2, 0.25) is 0 Å². The van der Waals surface area contributed by atoms with Crippen LogP contribution in [0, 0.1) is 17.8 Å². The summed E-state index contributed by atoms with van der Waals surface area (Å²) < 4.78 is 0. The lowest BCUT2D eigenvalue weighted by Crippen LogP contribution is -2.52. The molecule has 5 heteroatoms. The van der Waals surface area contributed by atoms with Crippen molar-refractivity contribution in [3.8, 4) is 0 Å². The summed E-state index contributed by atoms with van der Waals surface area (Å²) in [5, 5.41) is 12.1. The number of likely N-dealkylation sites (tertiary alicyclic amines) is 1. The summed E-state index contributed by atoms with van der Waals surface area (Å²) in [6, 6.07) is 0.243. The summed E-state index contributed by atoms with van der Waals surface area (Å²) in [6.45, 7) is 5.52. The van der Waals surface area contributed by atoms with Gasteiger partial charge in [-0.2, -0.15) is 0 Å². The van der Waals surface area contributed by atoms with Crippen LogP contribution in [0.5, 0.6) is 0 Å². The number of nitrogens with one attached hydrogen (secondary N) is 1. The Morgan fingerprint density at radius 1 is 1.05 bits per heavy atom. The van der Waals surface area contributed by atoms with Crippen molar-refractivity contribution in [1.82, 2.24) is 10.2 Å². The lowest BCUT2D eigenvalue weighted by atomic mass is 9.79. The van der Waals surface area contributed by atoms with Crippen LogP contribution < -0.4 is 5.32 Å². The topological polar surface area (TPSA) is 69.6 Å². The molecule has 2 aliphatic rings. The van der Waals surface area contributed by atoms with E-state index in [9.17, 15) is 9.59 Å². The lowest BCUT2D eigenvalue weighted by molar-refractivity contribution is -0.143. The first-order valence-electron chi connectivity index (χ1n) is 7.77. The third-order valence-electron chi connectivity index (χ3n) is 4.97. The van der Waals surface area contributed by atoms with E-state index in [-0.39, 0.29) is 18.0 Å². The molecule has 1 heterocycles. The van der Waals surface area contributed by atoms with Gasteiger partial charge in [0.25, 0.3) is 0 Å². The fourth-order valence-electron chi connectivity index (χ4n) is 3.53. The van der Waals surface area contributed by atoms with Crippen LogP contribution in [0.4, 0.5) is 4.79 Å². The number of carbonyl (C=O) groups is 2. The number of amides is 2. The molecule has 0 spiro atoms. The van der Waals surface area contributed by atoms with Gasteiger partial charge in [-0.05, 0) is 37.5 Å². The Bertz CT molecular complexity index is 354. The van der Waals surface area contributed by atoms with E-state index in [1.165, 1.54) is 19.3 Å². The minimum Gasteiger partial charge on any atom is -0.481 e. The molecule has 2 fully saturated rings. The summed E-state index contributed by atoms with van der Waals surface area (Å²) in [7, 11) is 0. The molecule has 0 bridgehead atoms. The maximum absolute atomic E-state index is 12.3. The zero-order chi connectivity index (χ0) is 14.7. The van der Waals surface area contributed by atoms with Gasteiger partial charge in [-0.25, -0.2) is 4.79 Å². The van der Waals surface area contributed by atoms with E-state index in [1.807, 2.05) is 0 Å². The SMILES string of the molecule is CC1CCCC(C)C1NC(=O)N1CCC(C(=O)O)CC1. The smallest absolute Gasteiger partial charge is 0.317 e. The van der Waals surface area contributed by atoms with Crippen LogP contribution in [-0.4, -0.2) is 41.1 Å². The van der Waals surface area contributed by atoms with Gasteiger partial charge < -0.3 is 15.3 Å².